The summed E-state index contributed by atoms with van der Waals surface area (Å²) in [6.45, 7) is 12.3. The minimum absolute atomic E-state index is 0.0321. The van der Waals surface area contributed by atoms with Gasteiger partial charge in [0.15, 0.2) is 36.4 Å². The molecule has 2 spiro atoms. The van der Waals surface area contributed by atoms with E-state index in [0.29, 0.717) is 11.8 Å². The Morgan fingerprint density at radius 1 is 0.587 bits per heavy atom. The van der Waals surface area contributed by atoms with Gasteiger partial charge in [0.05, 0.1) is 13.2 Å². The third-order valence-corrected chi connectivity index (χ3v) is 13.5. The standard InChI is InChI=1S/C34H54O12/c1-17-7-9-23-19(3)27(39-29-33(23)21(17)11-13-31(5,41-29)43-45-33)37-15-25(35)26(36)16-38-28-20(4)24-10-8-18(2)22-12-14-32(6)42-30(40-28)34(22,24)46-44-32/h17-30,35-36H,7-16H2,1-6H3/t17-,18-,19-,20-,21+,22+,23+,24+,25-,26+,27+,28+,29-,30-,31-,32-,33-,34-/m1/s1. The maximum Gasteiger partial charge on any atom is 0.201 e. The van der Waals surface area contributed by atoms with Gasteiger partial charge in [-0.25, -0.2) is 19.6 Å². The van der Waals surface area contributed by atoms with Gasteiger partial charge in [-0.3, -0.25) is 0 Å². The summed E-state index contributed by atoms with van der Waals surface area (Å²) in [4.78, 5) is 24.2. The van der Waals surface area contributed by atoms with Crippen LogP contribution in [0.2, 0.25) is 0 Å². The van der Waals surface area contributed by atoms with Crippen molar-refractivity contribution in [1.82, 2.24) is 0 Å². The van der Waals surface area contributed by atoms with Crippen LogP contribution in [0.4, 0.5) is 0 Å². The van der Waals surface area contributed by atoms with Crippen LogP contribution >= 0.6 is 0 Å². The number of aliphatic hydroxyl groups excluding tert-OH is 2. The average Bonchev–Trinajstić information content (AvgIpc) is 3.40. The highest BCUT2D eigenvalue weighted by molar-refractivity contribution is 5.10. The van der Waals surface area contributed by atoms with Gasteiger partial charge in [0.2, 0.25) is 11.6 Å². The number of aliphatic hydroxyl groups is 2. The van der Waals surface area contributed by atoms with Crippen molar-refractivity contribution in [2.45, 2.75) is 153 Å². The first-order chi connectivity index (χ1) is 21.9. The molecule has 18 atom stereocenters. The first kappa shape index (κ1) is 32.7. The largest absolute Gasteiger partial charge is 0.388 e. The minimum Gasteiger partial charge on any atom is -0.388 e. The number of hydrogen-bond acceptors (Lipinski definition) is 12. The molecule has 4 bridgehead atoms. The van der Waals surface area contributed by atoms with Crippen molar-refractivity contribution in [1.29, 1.82) is 0 Å². The second-order valence-electron chi connectivity index (χ2n) is 16.3. The Morgan fingerprint density at radius 2 is 1.00 bits per heavy atom. The number of rotatable bonds is 7. The van der Waals surface area contributed by atoms with E-state index in [1.165, 1.54) is 0 Å². The van der Waals surface area contributed by atoms with E-state index in [1.54, 1.807) is 0 Å². The zero-order valence-corrected chi connectivity index (χ0v) is 28.1. The van der Waals surface area contributed by atoms with E-state index in [2.05, 4.69) is 27.7 Å². The average molecular weight is 655 g/mol. The van der Waals surface area contributed by atoms with Crippen molar-refractivity contribution in [3.8, 4) is 0 Å². The molecule has 8 saturated heterocycles. The van der Waals surface area contributed by atoms with Crippen molar-refractivity contribution in [2.75, 3.05) is 13.2 Å². The molecule has 0 aromatic rings. The molecular weight excluding hydrogens is 600 g/mol. The predicted molar refractivity (Wildman–Crippen MR) is 158 cm³/mol. The summed E-state index contributed by atoms with van der Waals surface area (Å²) in [5, 5.41) is 22.0. The van der Waals surface area contributed by atoms with Crippen LogP contribution in [0.15, 0.2) is 0 Å². The Balaban J connectivity index is 0.898. The van der Waals surface area contributed by atoms with Gasteiger partial charge >= 0.3 is 0 Å². The summed E-state index contributed by atoms with van der Waals surface area (Å²) in [6.07, 6.45) is 2.54. The quantitative estimate of drug-likeness (QED) is 0.382. The van der Waals surface area contributed by atoms with Crippen LogP contribution in [0.25, 0.3) is 0 Å². The summed E-state index contributed by atoms with van der Waals surface area (Å²) >= 11 is 0. The second-order valence-corrected chi connectivity index (χ2v) is 16.3. The lowest BCUT2D eigenvalue weighted by atomic mass is 9.58. The number of fused-ring (bicyclic) bond motifs is 4. The number of ether oxygens (including phenoxy) is 6. The SMILES string of the molecule is C[C@H]1[C@@H](OC[C@@H](O)[C@@H](O)CO[C@H]2O[C@@H]3O[C@@]4(C)CC[C@H]5[C@H](C)CC[C@@H]([C@H]2C)[C@@]35OO4)O[C@@H]2O[C@@]3(C)CC[C@H]4[C@H](C)CC[C@@H]1[C@@]24OO3. The van der Waals surface area contributed by atoms with E-state index in [4.69, 9.17) is 48.0 Å². The Bertz CT molecular complexity index is 1060. The van der Waals surface area contributed by atoms with Gasteiger partial charge in [0, 0.05) is 36.5 Å². The fourth-order valence-corrected chi connectivity index (χ4v) is 10.7. The van der Waals surface area contributed by atoms with Crippen LogP contribution in [0.3, 0.4) is 0 Å². The van der Waals surface area contributed by atoms with E-state index >= 15 is 0 Å². The molecule has 8 heterocycles. The topological polar surface area (TPSA) is 133 Å². The lowest BCUT2D eigenvalue weighted by molar-refractivity contribution is -0.578. The van der Waals surface area contributed by atoms with Crippen molar-refractivity contribution >= 4 is 0 Å². The lowest BCUT2D eigenvalue weighted by Gasteiger charge is -2.60. The molecule has 10 aliphatic rings. The van der Waals surface area contributed by atoms with Gasteiger partial charge in [-0.05, 0) is 76.0 Å². The van der Waals surface area contributed by atoms with Crippen LogP contribution in [-0.2, 0) is 48.0 Å². The Morgan fingerprint density at radius 3 is 1.41 bits per heavy atom. The van der Waals surface area contributed by atoms with Gasteiger partial charge in [-0.15, -0.1) is 0 Å². The van der Waals surface area contributed by atoms with Crippen LogP contribution in [-0.4, -0.2) is 83.6 Å². The molecule has 2 N–H and O–H groups in total. The van der Waals surface area contributed by atoms with Crippen molar-refractivity contribution in [3.63, 3.8) is 0 Å². The summed E-state index contributed by atoms with van der Waals surface area (Å²) < 4.78 is 38.1. The van der Waals surface area contributed by atoms with Crippen LogP contribution in [0.5, 0.6) is 0 Å². The second kappa shape index (κ2) is 11.5. The third-order valence-electron chi connectivity index (χ3n) is 13.5. The molecule has 0 radical (unpaired) electrons. The smallest absolute Gasteiger partial charge is 0.201 e. The van der Waals surface area contributed by atoms with Gasteiger partial charge in [0.1, 0.15) is 12.2 Å². The molecule has 0 aromatic heterocycles. The molecule has 46 heavy (non-hydrogen) atoms. The molecular formula is C34H54O12. The zero-order chi connectivity index (χ0) is 32.2. The molecule has 12 heteroatoms. The highest BCUT2D eigenvalue weighted by Crippen LogP contribution is 2.62. The van der Waals surface area contributed by atoms with E-state index in [9.17, 15) is 10.2 Å². The van der Waals surface area contributed by atoms with Crippen molar-refractivity contribution < 1.29 is 58.2 Å². The molecule has 2 aliphatic carbocycles. The summed E-state index contributed by atoms with van der Waals surface area (Å²) in [5.41, 5.74) is -1.36. The van der Waals surface area contributed by atoms with E-state index < -0.39 is 60.1 Å². The molecule has 12 nitrogen and oxygen atoms in total. The van der Waals surface area contributed by atoms with E-state index in [-0.39, 0.29) is 48.7 Å². The monoisotopic (exact) mass is 654 g/mol. The maximum absolute atomic E-state index is 11.0. The fraction of sp³-hybridized carbons (Fsp3) is 1.00. The molecule has 262 valence electrons. The van der Waals surface area contributed by atoms with Crippen molar-refractivity contribution in [3.05, 3.63) is 0 Å². The third kappa shape index (κ3) is 4.84. The first-order valence-corrected chi connectivity index (χ1v) is 17.9. The highest BCUT2D eigenvalue weighted by Gasteiger charge is 2.71. The molecule has 10 fully saturated rings. The predicted octanol–water partition coefficient (Wildman–Crippen LogP) is 4.16. The fourth-order valence-electron chi connectivity index (χ4n) is 10.7. The summed E-state index contributed by atoms with van der Waals surface area (Å²) in [5.74, 6) is -0.133. The molecule has 2 saturated carbocycles. The van der Waals surface area contributed by atoms with Gasteiger partial charge in [-0.2, -0.15) is 0 Å². The van der Waals surface area contributed by atoms with Gasteiger partial charge in [-0.1, -0.05) is 27.7 Å². The molecule has 8 aliphatic heterocycles. The minimum atomic E-state index is -1.19. The zero-order valence-electron chi connectivity index (χ0n) is 28.1. The maximum atomic E-state index is 11.0. The first-order valence-electron chi connectivity index (χ1n) is 17.9. The normalized spacial score (nSPS) is 57.1. The van der Waals surface area contributed by atoms with Crippen molar-refractivity contribution in [2.24, 2.45) is 47.3 Å². The Labute approximate surface area is 271 Å². The van der Waals surface area contributed by atoms with Gasteiger partial charge in [0.25, 0.3) is 0 Å². The molecule has 10 rings (SSSR count). The van der Waals surface area contributed by atoms with Crippen LogP contribution < -0.4 is 0 Å². The van der Waals surface area contributed by atoms with E-state index in [1.807, 2.05) is 13.8 Å². The Hall–Kier alpha value is -0.480. The lowest BCUT2D eigenvalue weighted by Crippen LogP contribution is -2.70. The highest BCUT2D eigenvalue weighted by atomic mass is 17.3. The summed E-state index contributed by atoms with van der Waals surface area (Å²) in [7, 11) is 0. The van der Waals surface area contributed by atoms with E-state index in [0.717, 1.165) is 51.4 Å². The molecule has 0 amide bonds. The van der Waals surface area contributed by atoms with Crippen LogP contribution in [0.1, 0.15) is 92.9 Å². The Kier molecular flexibility index (Phi) is 8.20. The van der Waals surface area contributed by atoms with Gasteiger partial charge < -0.3 is 38.6 Å². The summed E-state index contributed by atoms with van der Waals surface area (Å²) in [6, 6.07) is 0. The molecule has 0 aromatic carbocycles. The van der Waals surface area contributed by atoms with Crippen LogP contribution in [0, 0.1) is 47.3 Å². The number of hydrogen-bond donors (Lipinski definition) is 2. The molecule has 0 unspecified atom stereocenters.